The minimum Gasteiger partial charge on any atom is -0.496 e. The van der Waals surface area contributed by atoms with Crippen molar-refractivity contribution in [1.82, 2.24) is 0 Å². The second-order valence-electron chi connectivity index (χ2n) is 3.85. The van der Waals surface area contributed by atoms with Gasteiger partial charge in [0, 0.05) is 6.61 Å². The van der Waals surface area contributed by atoms with Gasteiger partial charge in [-0.15, -0.1) is 0 Å². The summed E-state index contributed by atoms with van der Waals surface area (Å²) in [5, 5.41) is 7.48. The Morgan fingerprint density at radius 3 is 2.76 bits per heavy atom. The van der Waals surface area contributed by atoms with E-state index in [2.05, 4.69) is 6.92 Å². The van der Waals surface area contributed by atoms with Crippen molar-refractivity contribution >= 4 is 5.84 Å². The second kappa shape index (κ2) is 6.91. The molecule has 0 fully saturated rings. The standard InChI is InChI=1S/C13H20N2O2/c1-3-4-7-17-9-10-5-6-12(16-2)11(8-10)13(14)15/h5-6,8H,3-4,7,9H2,1-2H3,(H3,14,15). The number of benzene rings is 1. The zero-order valence-corrected chi connectivity index (χ0v) is 10.5. The van der Waals surface area contributed by atoms with E-state index in [4.69, 9.17) is 20.6 Å². The molecule has 1 rings (SSSR count). The van der Waals surface area contributed by atoms with Gasteiger partial charge in [0.25, 0.3) is 0 Å². The van der Waals surface area contributed by atoms with Crippen molar-refractivity contribution in [2.75, 3.05) is 13.7 Å². The second-order valence-corrected chi connectivity index (χ2v) is 3.85. The average Bonchev–Trinajstić information content (AvgIpc) is 2.34. The van der Waals surface area contributed by atoms with E-state index in [1.165, 1.54) is 0 Å². The lowest BCUT2D eigenvalue weighted by Gasteiger charge is -2.10. The van der Waals surface area contributed by atoms with Crippen LogP contribution in [0.4, 0.5) is 0 Å². The van der Waals surface area contributed by atoms with E-state index in [0.717, 1.165) is 25.0 Å². The number of methoxy groups -OCH3 is 1. The molecule has 0 heterocycles. The molecule has 0 saturated heterocycles. The number of rotatable bonds is 7. The first-order chi connectivity index (χ1) is 8.19. The molecular formula is C13H20N2O2. The van der Waals surface area contributed by atoms with Crippen LogP contribution < -0.4 is 10.5 Å². The largest absolute Gasteiger partial charge is 0.496 e. The molecule has 94 valence electrons. The van der Waals surface area contributed by atoms with Crippen LogP contribution in [0, 0.1) is 5.41 Å². The van der Waals surface area contributed by atoms with Crippen LogP contribution in [-0.2, 0) is 11.3 Å². The van der Waals surface area contributed by atoms with Gasteiger partial charge in [0.15, 0.2) is 0 Å². The van der Waals surface area contributed by atoms with E-state index in [9.17, 15) is 0 Å². The van der Waals surface area contributed by atoms with E-state index >= 15 is 0 Å². The molecular weight excluding hydrogens is 216 g/mol. The zero-order chi connectivity index (χ0) is 12.7. The number of unbranched alkanes of at least 4 members (excludes halogenated alkanes) is 1. The number of nitrogens with two attached hydrogens (primary N) is 1. The molecule has 1 aromatic carbocycles. The Labute approximate surface area is 102 Å². The Balaban J connectivity index is 2.68. The van der Waals surface area contributed by atoms with Crippen molar-refractivity contribution in [1.29, 1.82) is 5.41 Å². The maximum atomic E-state index is 7.48. The van der Waals surface area contributed by atoms with Gasteiger partial charge in [0.2, 0.25) is 0 Å². The topological polar surface area (TPSA) is 68.3 Å². The summed E-state index contributed by atoms with van der Waals surface area (Å²) in [7, 11) is 1.57. The Bertz CT molecular complexity index is 378. The van der Waals surface area contributed by atoms with Crippen LogP contribution in [0.3, 0.4) is 0 Å². The van der Waals surface area contributed by atoms with E-state index in [0.29, 0.717) is 17.9 Å². The number of nitrogen functional groups attached to an aromatic ring is 1. The molecule has 4 nitrogen and oxygen atoms in total. The molecule has 0 aliphatic carbocycles. The van der Waals surface area contributed by atoms with E-state index in [1.807, 2.05) is 18.2 Å². The number of hydrogen-bond acceptors (Lipinski definition) is 3. The molecule has 0 unspecified atom stereocenters. The molecule has 0 radical (unpaired) electrons. The van der Waals surface area contributed by atoms with Crippen LogP contribution in [0.15, 0.2) is 18.2 Å². The van der Waals surface area contributed by atoms with Gasteiger partial charge in [-0.25, -0.2) is 0 Å². The SMILES string of the molecule is CCCCOCc1ccc(OC)c(C(=N)N)c1. The fourth-order valence-corrected chi connectivity index (χ4v) is 1.49. The molecule has 17 heavy (non-hydrogen) atoms. The summed E-state index contributed by atoms with van der Waals surface area (Å²) in [6, 6.07) is 5.58. The summed E-state index contributed by atoms with van der Waals surface area (Å²) in [5.74, 6) is 0.632. The number of hydrogen-bond donors (Lipinski definition) is 2. The first-order valence-electron chi connectivity index (χ1n) is 5.78. The Morgan fingerprint density at radius 2 is 2.18 bits per heavy atom. The van der Waals surface area contributed by atoms with Gasteiger partial charge in [-0.1, -0.05) is 19.4 Å². The van der Waals surface area contributed by atoms with E-state index < -0.39 is 0 Å². The van der Waals surface area contributed by atoms with Crippen LogP contribution in [-0.4, -0.2) is 19.6 Å². The van der Waals surface area contributed by atoms with Crippen molar-refractivity contribution in [2.45, 2.75) is 26.4 Å². The van der Waals surface area contributed by atoms with Crippen LogP contribution in [0.5, 0.6) is 5.75 Å². The highest BCUT2D eigenvalue weighted by molar-refractivity contribution is 5.97. The lowest BCUT2D eigenvalue weighted by atomic mass is 10.1. The number of ether oxygens (including phenoxy) is 2. The van der Waals surface area contributed by atoms with Gasteiger partial charge in [-0.05, 0) is 24.1 Å². The van der Waals surface area contributed by atoms with Crippen molar-refractivity contribution < 1.29 is 9.47 Å². The Morgan fingerprint density at radius 1 is 1.41 bits per heavy atom. The molecule has 0 aromatic heterocycles. The van der Waals surface area contributed by atoms with Gasteiger partial charge in [0.05, 0.1) is 19.3 Å². The predicted octanol–water partition coefficient (Wildman–Crippen LogP) is 2.30. The highest BCUT2D eigenvalue weighted by Crippen LogP contribution is 2.19. The summed E-state index contributed by atoms with van der Waals surface area (Å²) in [4.78, 5) is 0. The van der Waals surface area contributed by atoms with Gasteiger partial charge in [0.1, 0.15) is 11.6 Å². The van der Waals surface area contributed by atoms with Gasteiger partial charge in [-0.3, -0.25) is 5.41 Å². The highest BCUT2D eigenvalue weighted by Gasteiger charge is 2.07. The molecule has 0 aliphatic heterocycles. The normalized spacial score (nSPS) is 10.2. The fraction of sp³-hybridized carbons (Fsp3) is 0.462. The maximum Gasteiger partial charge on any atom is 0.129 e. The molecule has 0 amide bonds. The zero-order valence-electron chi connectivity index (χ0n) is 10.5. The van der Waals surface area contributed by atoms with Gasteiger partial charge >= 0.3 is 0 Å². The van der Waals surface area contributed by atoms with Crippen LogP contribution in [0.2, 0.25) is 0 Å². The minimum absolute atomic E-state index is 0.0114. The van der Waals surface area contributed by atoms with Crippen molar-refractivity contribution in [3.05, 3.63) is 29.3 Å². The molecule has 0 spiro atoms. The summed E-state index contributed by atoms with van der Waals surface area (Å²) in [6.45, 7) is 3.44. The summed E-state index contributed by atoms with van der Waals surface area (Å²) in [5.41, 5.74) is 7.12. The average molecular weight is 236 g/mol. The van der Waals surface area contributed by atoms with Gasteiger partial charge < -0.3 is 15.2 Å². The van der Waals surface area contributed by atoms with E-state index in [-0.39, 0.29) is 5.84 Å². The molecule has 0 atom stereocenters. The molecule has 4 heteroatoms. The van der Waals surface area contributed by atoms with Crippen LogP contribution in [0.25, 0.3) is 0 Å². The predicted molar refractivity (Wildman–Crippen MR) is 68.6 cm³/mol. The molecule has 1 aromatic rings. The van der Waals surface area contributed by atoms with E-state index in [1.54, 1.807) is 7.11 Å². The molecule has 0 saturated carbocycles. The first kappa shape index (κ1) is 13.5. The Hall–Kier alpha value is -1.55. The van der Waals surface area contributed by atoms with Crippen LogP contribution in [0.1, 0.15) is 30.9 Å². The third-order valence-electron chi connectivity index (χ3n) is 2.47. The lowest BCUT2D eigenvalue weighted by molar-refractivity contribution is 0.118. The van der Waals surface area contributed by atoms with Crippen molar-refractivity contribution in [3.8, 4) is 5.75 Å². The molecule has 3 N–H and O–H groups in total. The summed E-state index contributed by atoms with van der Waals surface area (Å²) >= 11 is 0. The monoisotopic (exact) mass is 236 g/mol. The number of nitrogens with one attached hydrogen (secondary N) is 1. The molecule has 0 bridgehead atoms. The maximum absolute atomic E-state index is 7.48. The first-order valence-corrected chi connectivity index (χ1v) is 5.78. The quantitative estimate of drug-likeness (QED) is 0.433. The van der Waals surface area contributed by atoms with Crippen LogP contribution >= 0.6 is 0 Å². The van der Waals surface area contributed by atoms with Crippen molar-refractivity contribution in [3.63, 3.8) is 0 Å². The Kier molecular flexibility index (Phi) is 5.49. The number of amidine groups is 1. The summed E-state index contributed by atoms with van der Waals surface area (Å²) in [6.07, 6.45) is 2.19. The fourth-order valence-electron chi connectivity index (χ4n) is 1.49. The minimum atomic E-state index is 0.0114. The lowest BCUT2D eigenvalue weighted by Crippen LogP contribution is -2.13. The summed E-state index contributed by atoms with van der Waals surface area (Å²) < 4.78 is 10.7. The van der Waals surface area contributed by atoms with Gasteiger partial charge in [-0.2, -0.15) is 0 Å². The third kappa shape index (κ3) is 4.07. The third-order valence-corrected chi connectivity index (χ3v) is 2.47. The highest BCUT2D eigenvalue weighted by atomic mass is 16.5. The molecule has 0 aliphatic rings. The van der Waals surface area contributed by atoms with Crippen molar-refractivity contribution in [2.24, 2.45) is 5.73 Å². The smallest absolute Gasteiger partial charge is 0.129 e.